The van der Waals surface area contributed by atoms with E-state index >= 15 is 0 Å². The molecule has 3 rings (SSSR count). The Kier molecular flexibility index (Phi) is 5.22. The van der Waals surface area contributed by atoms with E-state index in [1.165, 1.54) is 31.3 Å². The predicted molar refractivity (Wildman–Crippen MR) is 101 cm³/mol. The zero-order valence-electron chi connectivity index (χ0n) is 16.0. The van der Waals surface area contributed by atoms with Gasteiger partial charge in [-0.15, -0.1) is 0 Å². The van der Waals surface area contributed by atoms with Crippen molar-refractivity contribution in [2.24, 2.45) is 10.7 Å². The summed E-state index contributed by atoms with van der Waals surface area (Å²) in [6.07, 6.45) is -3.46. The Hall–Kier alpha value is -3.52. The second-order valence-electron chi connectivity index (χ2n) is 7.00. The van der Waals surface area contributed by atoms with Gasteiger partial charge in [0.1, 0.15) is 29.0 Å². The van der Waals surface area contributed by atoms with Crippen LogP contribution in [0.5, 0.6) is 0 Å². The summed E-state index contributed by atoms with van der Waals surface area (Å²) in [5.41, 5.74) is 2.28. The number of nitrogens with one attached hydrogen (secondary N) is 1. The van der Waals surface area contributed by atoms with Crippen LogP contribution in [0.3, 0.4) is 0 Å². The fourth-order valence-electron chi connectivity index (χ4n) is 2.70. The lowest BCUT2D eigenvalue weighted by Gasteiger charge is -2.40. The Balaban J connectivity index is 1.85. The number of aliphatic imine (C=N–C) groups is 1. The van der Waals surface area contributed by atoms with E-state index in [0.717, 1.165) is 6.92 Å². The summed E-state index contributed by atoms with van der Waals surface area (Å²) in [6, 6.07) is 9.35. The molecule has 2 aromatic rings. The van der Waals surface area contributed by atoms with Crippen molar-refractivity contribution in [2.75, 3.05) is 11.9 Å². The van der Waals surface area contributed by atoms with Crippen molar-refractivity contribution < 1.29 is 22.7 Å². The minimum absolute atomic E-state index is 0.0663. The molecule has 3 heterocycles. The van der Waals surface area contributed by atoms with Crippen molar-refractivity contribution in [1.82, 2.24) is 9.97 Å². The highest BCUT2D eigenvalue weighted by molar-refractivity contribution is 6.02. The molecular weight excluding hydrogens is 401 g/mol. The maximum Gasteiger partial charge on any atom is 0.424 e. The number of amides is 1. The Morgan fingerprint density at radius 2 is 2.03 bits per heavy atom. The maximum atomic E-state index is 13.3. The van der Waals surface area contributed by atoms with Crippen molar-refractivity contribution in [3.63, 3.8) is 0 Å². The van der Waals surface area contributed by atoms with Crippen LogP contribution in [-0.4, -0.2) is 40.1 Å². The van der Waals surface area contributed by atoms with Gasteiger partial charge in [-0.3, -0.25) is 9.79 Å². The van der Waals surface area contributed by atoms with Gasteiger partial charge in [0, 0.05) is 6.20 Å². The summed E-state index contributed by atoms with van der Waals surface area (Å²) in [4.78, 5) is 24.5. The van der Waals surface area contributed by atoms with Crippen LogP contribution in [0.15, 0.2) is 41.5 Å². The number of rotatable bonds is 3. The van der Waals surface area contributed by atoms with Crippen LogP contribution in [0.1, 0.15) is 35.6 Å². The summed E-state index contributed by atoms with van der Waals surface area (Å²) >= 11 is 0. The zero-order valence-corrected chi connectivity index (χ0v) is 16.0. The maximum absolute atomic E-state index is 13.3. The lowest BCUT2D eigenvalue weighted by molar-refractivity contribution is -0.249. The Bertz CT molecular complexity index is 1050. The van der Waals surface area contributed by atoms with Crippen molar-refractivity contribution in [3.05, 3.63) is 53.5 Å². The van der Waals surface area contributed by atoms with E-state index < -0.39 is 35.7 Å². The average molecular weight is 418 g/mol. The fraction of sp³-hybridized carbons (Fsp3) is 0.316. The van der Waals surface area contributed by atoms with Gasteiger partial charge in [-0.2, -0.15) is 18.4 Å². The number of carbonyl (C=O) groups is 1. The Morgan fingerprint density at radius 3 is 2.60 bits per heavy atom. The van der Waals surface area contributed by atoms with E-state index in [9.17, 15) is 18.0 Å². The molecule has 0 radical (unpaired) electrons. The number of alkyl halides is 3. The topological polar surface area (TPSA) is 126 Å². The molecule has 0 fully saturated rings. The molecule has 30 heavy (non-hydrogen) atoms. The lowest BCUT2D eigenvalue weighted by Crippen LogP contribution is -2.60. The molecule has 1 aliphatic rings. The van der Waals surface area contributed by atoms with Gasteiger partial charge < -0.3 is 15.8 Å². The molecule has 11 heteroatoms. The van der Waals surface area contributed by atoms with E-state index in [2.05, 4.69) is 20.3 Å². The van der Waals surface area contributed by atoms with Gasteiger partial charge in [0.05, 0.1) is 17.9 Å². The first-order valence-electron chi connectivity index (χ1n) is 8.70. The highest BCUT2D eigenvalue weighted by Gasteiger charge is 2.59. The van der Waals surface area contributed by atoms with Gasteiger partial charge in [-0.1, -0.05) is 6.07 Å². The van der Waals surface area contributed by atoms with Crippen LogP contribution in [0, 0.1) is 11.3 Å². The predicted octanol–water partition coefficient (Wildman–Crippen LogP) is 2.52. The third-order valence-corrected chi connectivity index (χ3v) is 4.71. The number of pyridine rings is 2. The van der Waals surface area contributed by atoms with Gasteiger partial charge >= 0.3 is 6.18 Å². The number of nitrogens with zero attached hydrogens (tertiary/aromatic N) is 4. The van der Waals surface area contributed by atoms with Gasteiger partial charge in [-0.05, 0) is 38.1 Å². The monoisotopic (exact) mass is 418 g/mol. The van der Waals surface area contributed by atoms with Gasteiger partial charge in [0.25, 0.3) is 5.91 Å². The van der Waals surface area contributed by atoms with E-state index in [-0.39, 0.29) is 17.2 Å². The minimum atomic E-state index is -4.72. The standard InChI is InChI=1S/C19H17F3N6O2/c1-17(10-30-18(2,16(24)28-17)19(20,21)22)13-4-3-5-14(26-13)27-15(29)12-7-6-11(8-23)9-25-12/h3-7,9H,10H2,1-2H3,(H2,24,28)(H,26,27,29). The number of nitriles is 1. The van der Waals surface area contributed by atoms with Crippen LogP contribution < -0.4 is 11.1 Å². The molecule has 3 N–H and O–H groups in total. The summed E-state index contributed by atoms with van der Waals surface area (Å²) in [5, 5.41) is 11.3. The number of carbonyl (C=O) groups excluding carboxylic acids is 1. The highest BCUT2D eigenvalue weighted by Crippen LogP contribution is 2.40. The molecule has 0 aromatic carbocycles. The van der Waals surface area contributed by atoms with E-state index in [1.807, 2.05) is 6.07 Å². The summed E-state index contributed by atoms with van der Waals surface area (Å²) < 4.78 is 44.9. The summed E-state index contributed by atoms with van der Waals surface area (Å²) in [6.45, 7) is 1.94. The van der Waals surface area contributed by atoms with Gasteiger partial charge in [0.2, 0.25) is 5.60 Å². The van der Waals surface area contributed by atoms with Crippen LogP contribution in [0.2, 0.25) is 0 Å². The number of hydrogen-bond donors (Lipinski definition) is 2. The summed E-state index contributed by atoms with van der Waals surface area (Å²) in [7, 11) is 0. The smallest absolute Gasteiger partial charge is 0.385 e. The first-order chi connectivity index (χ1) is 14.0. The van der Waals surface area contributed by atoms with Crippen LogP contribution in [0.4, 0.5) is 19.0 Å². The molecular formula is C19H17F3N6O2. The number of anilines is 1. The van der Waals surface area contributed by atoms with Crippen LogP contribution >= 0.6 is 0 Å². The molecule has 1 aliphatic heterocycles. The van der Waals surface area contributed by atoms with Gasteiger partial charge in [0.15, 0.2) is 0 Å². The normalized spacial score (nSPS) is 23.9. The molecule has 0 spiro atoms. The lowest BCUT2D eigenvalue weighted by atomic mass is 9.93. The highest BCUT2D eigenvalue weighted by atomic mass is 19.4. The molecule has 0 aliphatic carbocycles. The second-order valence-corrected chi connectivity index (χ2v) is 7.00. The van der Waals surface area contributed by atoms with E-state index in [0.29, 0.717) is 5.56 Å². The molecule has 1 amide bonds. The second kappa shape index (κ2) is 7.38. The summed E-state index contributed by atoms with van der Waals surface area (Å²) in [5.74, 6) is -1.13. The Morgan fingerprint density at radius 1 is 1.30 bits per heavy atom. The molecule has 0 bridgehead atoms. The first kappa shape index (κ1) is 21.2. The molecule has 156 valence electrons. The third kappa shape index (κ3) is 3.81. The van der Waals surface area contributed by atoms with Crippen LogP contribution in [-0.2, 0) is 10.3 Å². The molecule has 8 nitrogen and oxygen atoms in total. The number of ether oxygens (including phenoxy) is 1. The quantitative estimate of drug-likeness (QED) is 0.789. The van der Waals surface area contributed by atoms with Crippen LogP contribution in [0.25, 0.3) is 0 Å². The minimum Gasteiger partial charge on any atom is -0.385 e. The third-order valence-electron chi connectivity index (χ3n) is 4.71. The molecule has 0 saturated heterocycles. The van der Waals surface area contributed by atoms with Crippen molar-refractivity contribution >= 4 is 17.6 Å². The zero-order chi connectivity index (χ0) is 22.2. The molecule has 2 aromatic heterocycles. The average Bonchev–Trinajstić information content (AvgIpc) is 2.70. The van der Waals surface area contributed by atoms with E-state index in [4.69, 9.17) is 15.7 Å². The number of hydrogen-bond acceptors (Lipinski definition) is 7. The molecule has 0 saturated carbocycles. The van der Waals surface area contributed by atoms with E-state index in [1.54, 1.807) is 12.1 Å². The van der Waals surface area contributed by atoms with Gasteiger partial charge in [-0.25, -0.2) is 9.97 Å². The molecule has 2 atom stereocenters. The SMILES string of the molecule is CC1(c2cccc(NC(=O)c3ccc(C#N)cn3)n2)COC(C)(C(F)(F)F)C(N)=N1. The van der Waals surface area contributed by atoms with Crippen molar-refractivity contribution in [2.45, 2.75) is 31.2 Å². The number of halogens is 3. The molecule has 2 unspecified atom stereocenters. The fourth-order valence-corrected chi connectivity index (χ4v) is 2.70. The number of aromatic nitrogens is 2. The largest absolute Gasteiger partial charge is 0.424 e. The number of nitrogens with two attached hydrogens (primary N) is 1. The first-order valence-corrected chi connectivity index (χ1v) is 8.70. The number of amidine groups is 1. The van der Waals surface area contributed by atoms with Crippen molar-refractivity contribution in [1.29, 1.82) is 5.26 Å². The van der Waals surface area contributed by atoms with Crippen molar-refractivity contribution in [3.8, 4) is 6.07 Å². The Labute approximate surface area is 169 Å².